The number of aromatic hydroxyl groups is 1. The number of Topliss-reactive ketones (excluding diaryl/α,β-unsaturated/α-hetero) is 1. The summed E-state index contributed by atoms with van der Waals surface area (Å²) in [7, 11) is 2.84. The zero-order chi connectivity index (χ0) is 23.7. The molecule has 8 heteroatoms. The number of amides is 1. The first kappa shape index (κ1) is 21.9. The molecule has 1 aliphatic heterocycles. The number of halogens is 1. The maximum atomic E-state index is 14.0. The molecule has 0 radical (unpaired) electrons. The highest BCUT2D eigenvalue weighted by Gasteiger charge is 2.48. The Hall–Kier alpha value is -4.33. The smallest absolute Gasteiger partial charge is 0.300 e. The number of nitrogens with zero attached hydrogens (tertiary/aromatic N) is 1. The fourth-order valence-corrected chi connectivity index (χ4v) is 3.86. The number of hydrogen-bond donors (Lipinski definition) is 2. The van der Waals surface area contributed by atoms with Crippen molar-refractivity contribution >= 4 is 23.1 Å². The van der Waals surface area contributed by atoms with Gasteiger partial charge in [-0.25, -0.2) is 4.39 Å². The first-order chi connectivity index (χ1) is 15.9. The van der Waals surface area contributed by atoms with Crippen LogP contribution in [-0.2, 0) is 9.59 Å². The number of rotatable bonds is 5. The lowest BCUT2D eigenvalue weighted by molar-refractivity contribution is -0.132. The van der Waals surface area contributed by atoms with E-state index < -0.39 is 29.3 Å². The van der Waals surface area contributed by atoms with Crippen molar-refractivity contribution < 1.29 is 33.7 Å². The van der Waals surface area contributed by atoms with Gasteiger partial charge in [-0.05, 0) is 48.0 Å². The van der Waals surface area contributed by atoms with Gasteiger partial charge >= 0.3 is 0 Å². The fraction of sp³-hybridized carbons (Fsp3) is 0.120. The lowest BCUT2D eigenvalue weighted by Crippen LogP contribution is -2.29. The van der Waals surface area contributed by atoms with E-state index in [2.05, 4.69) is 0 Å². The normalized spacial score (nSPS) is 17.3. The van der Waals surface area contributed by atoms with E-state index in [1.165, 1.54) is 32.4 Å². The number of aliphatic hydroxyl groups excluding tert-OH is 1. The highest BCUT2D eigenvalue weighted by atomic mass is 19.1. The molecule has 2 N–H and O–H groups in total. The molecule has 168 valence electrons. The van der Waals surface area contributed by atoms with E-state index in [4.69, 9.17) is 9.47 Å². The van der Waals surface area contributed by atoms with Gasteiger partial charge < -0.3 is 19.7 Å². The maximum absolute atomic E-state index is 14.0. The predicted octanol–water partition coefficient (Wildman–Crippen LogP) is 4.17. The van der Waals surface area contributed by atoms with Gasteiger partial charge in [-0.1, -0.05) is 24.3 Å². The molecule has 4 rings (SSSR count). The van der Waals surface area contributed by atoms with Crippen molar-refractivity contribution in [3.63, 3.8) is 0 Å². The zero-order valence-corrected chi connectivity index (χ0v) is 17.8. The molecule has 0 bridgehead atoms. The van der Waals surface area contributed by atoms with Crippen LogP contribution in [0.5, 0.6) is 17.2 Å². The molecule has 1 unspecified atom stereocenters. The first-order valence-corrected chi connectivity index (χ1v) is 9.94. The Bertz CT molecular complexity index is 1270. The number of anilines is 1. The molecule has 0 aromatic heterocycles. The van der Waals surface area contributed by atoms with Crippen LogP contribution in [0, 0.1) is 5.82 Å². The van der Waals surface area contributed by atoms with Crippen molar-refractivity contribution in [3.05, 3.63) is 89.2 Å². The van der Waals surface area contributed by atoms with Gasteiger partial charge in [-0.15, -0.1) is 0 Å². The summed E-state index contributed by atoms with van der Waals surface area (Å²) in [4.78, 5) is 27.4. The van der Waals surface area contributed by atoms with Gasteiger partial charge in [-0.3, -0.25) is 14.5 Å². The van der Waals surface area contributed by atoms with Crippen molar-refractivity contribution in [2.75, 3.05) is 19.1 Å². The minimum Gasteiger partial charge on any atom is -0.507 e. The number of hydrogen-bond acceptors (Lipinski definition) is 6. The second-order valence-electron chi connectivity index (χ2n) is 7.28. The van der Waals surface area contributed by atoms with Crippen LogP contribution in [-0.4, -0.2) is 36.1 Å². The number of carbonyl (C=O) groups excluding carboxylic acids is 2. The van der Waals surface area contributed by atoms with Crippen molar-refractivity contribution in [2.24, 2.45) is 0 Å². The Morgan fingerprint density at radius 3 is 2.30 bits per heavy atom. The molecule has 1 aliphatic rings. The Morgan fingerprint density at radius 2 is 1.67 bits per heavy atom. The first-order valence-electron chi connectivity index (χ1n) is 9.94. The van der Waals surface area contributed by atoms with Gasteiger partial charge in [0.25, 0.3) is 11.7 Å². The molecule has 0 spiro atoms. The van der Waals surface area contributed by atoms with E-state index in [1.807, 2.05) is 0 Å². The molecule has 0 aliphatic carbocycles. The molecule has 3 aromatic rings. The summed E-state index contributed by atoms with van der Waals surface area (Å²) >= 11 is 0. The highest BCUT2D eigenvalue weighted by Crippen LogP contribution is 2.45. The Morgan fingerprint density at radius 1 is 0.970 bits per heavy atom. The Balaban J connectivity index is 1.99. The minimum absolute atomic E-state index is 0.0775. The Kier molecular flexibility index (Phi) is 5.74. The molecule has 1 saturated heterocycles. The second kappa shape index (κ2) is 8.66. The lowest BCUT2D eigenvalue weighted by Gasteiger charge is -2.26. The summed E-state index contributed by atoms with van der Waals surface area (Å²) in [5, 5.41) is 21.6. The number of ether oxygens (including phenoxy) is 2. The van der Waals surface area contributed by atoms with E-state index in [-0.39, 0.29) is 28.3 Å². The van der Waals surface area contributed by atoms with Crippen molar-refractivity contribution in [3.8, 4) is 17.2 Å². The summed E-state index contributed by atoms with van der Waals surface area (Å²) in [6, 6.07) is 15.0. The van der Waals surface area contributed by atoms with Crippen LogP contribution in [0.2, 0.25) is 0 Å². The molecule has 1 heterocycles. The third-order valence-electron chi connectivity index (χ3n) is 5.43. The molecule has 1 amide bonds. The number of phenolic OH excluding ortho intramolecular Hbond substituents is 1. The van der Waals surface area contributed by atoms with Crippen molar-refractivity contribution in [2.45, 2.75) is 6.04 Å². The standard InChI is InChI=1S/C25H20FNO6/c1-32-16-10-7-14(8-11-16)22-21(23(29)17-13-15(26)9-12-20(17)33-2)24(30)25(31)27(22)18-5-3-4-6-19(18)28/h3-13,22,28-29H,1-2H3/b23-21+. The van der Waals surface area contributed by atoms with Gasteiger partial charge in [0.1, 0.15) is 28.8 Å². The van der Waals surface area contributed by atoms with Gasteiger partial charge in [0.2, 0.25) is 0 Å². The average Bonchev–Trinajstić information content (AvgIpc) is 3.09. The topological polar surface area (TPSA) is 96.3 Å². The molecule has 1 atom stereocenters. The van der Waals surface area contributed by atoms with E-state index in [9.17, 15) is 24.2 Å². The number of para-hydroxylation sites is 2. The highest BCUT2D eigenvalue weighted by molar-refractivity contribution is 6.52. The minimum atomic E-state index is -1.10. The number of aliphatic hydroxyl groups is 1. The summed E-state index contributed by atoms with van der Waals surface area (Å²) < 4.78 is 24.4. The number of phenols is 1. The summed E-state index contributed by atoms with van der Waals surface area (Å²) in [5.41, 5.74) is 0.212. The largest absolute Gasteiger partial charge is 0.507 e. The van der Waals surface area contributed by atoms with Crippen LogP contribution in [0.25, 0.3) is 5.76 Å². The van der Waals surface area contributed by atoms with Gasteiger partial charge in [-0.2, -0.15) is 0 Å². The third kappa shape index (κ3) is 3.76. The molecule has 7 nitrogen and oxygen atoms in total. The van der Waals surface area contributed by atoms with E-state index in [0.29, 0.717) is 11.3 Å². The van der Waals surface area contributed by atoms with Gasteiger partial charge in [0, 0.05) is 0 Å². The predicted molar refractivity (Wildman–Crippen MR) is 119 cm³/mol. The van der Waals surface area contributed by atoms with Gasteiger partial charge in [0.15, 0.2) is 0 Å². The fourth-order valence-electron chi connectivity index (χ4n) is 3.86. The molecule has 33 heavy (non-hydrogen) atoms. The monoisotopic (exact) mass is 449 g/mol. The molecule has 3 aromatic carbocycles. The van der Waals surface area contributed by atoms with Crippen LogP contribution < -0.4 is 14.4 Å². The summed E-state index contributed by atoms with van der Waals surface area (Å²) in [6.45, 7) is 0. The van der Waals surface area contributed by atoms with Crippen LogP contribution in [0.15, 0.2) is 72.3 Å². The average molecular weight is 449 g/mol. The van der Waals surface area contributed by atoms with Gasteiger partial charge in [0.05, 0.1) is 37.1 Å². The van der Waals surface area contributed by atoms with Crippen LogP contribution >= 0.6 is 0 Å². The number of carbonyl (C=O) groups is 2. The second-order valence-corrected chi connectivity index (χ2v) is 7.28. The van der Waals surface area contributed by atoms with E-state index in [0.717, 1.165) is 17.0 Å². The molecule has 1 fully saturated rings. The third-order valence-corrected chi connectivity index (χ3v) is 5.43. The van der Waals surface area contributed by atoms with Crippen molar-refractivity contribution in [1.82, 2.24) is 0 Å². The van der Waals surface area contributed by atoms with E-state index >= 15 is 0 Å². The quantitative estimate of drug-likeness (QED) is 0.345. The van der Waals surface area contributed by atoms with Crippen molar-refractivity contribution in [1.29, 1.82) is 0 Å². The number of benzene rings is 3. The van der Waals surface area contributed by atoms with Crippen LogP contribution in [0.1, 0.15) is 17.2 Å². The summed E-state index contributed by atoms with van der Waals surface area (Å²) in [5.74, 6) is -2.74. The van der Waals surface area contributed by atoms with Crippen LogP contribution in [0.3, 0.4) is 0 Å². The Labute approximate surface area is 188 Å². The molecular weight excluding hydrogens is 429 g/mol. The maximum Gasteiger partial charge on any atom is 0.300 e. The number of ketones is 1. The molecular formula is C25H20FNO6. The summed E-state index contributed by atoms with van der Waals surface area (Å²) in [6.07, 6.45) is 0. The zero-order valence-electron chi connectivity index (χ0n) is 17.8. The van der Waals surface area contributed by atoms with Crippen LogP contribution in [0.4, 0.5) is 10.1 Å². The lowest BCUT2D eigenvalue weighted by atomic mass is 9.94. The SMILES string of the molecule is COc1ccc(C2/C(=C(\O)c3cc(F)ccc3OC)C(=O)C(=O)N2c2ccccc2O)cc1. The molecule has 0 saturated carbocycles. The number of methoxy groups -OCH3 is 2. The van der Waals surface area contributed by atoms with E-state index in [1.54, 1.807) is 36.4 Å².